The van der Waals surface area contributed by atoms with Gasteiger partial charge in [-0.25, -0.2) is 0 Å². The summed E-state index contributed by atoms with van der Waals surface area (Å²) in [7, 11) is 0. The number of hydrogen-bond acceptors (Lipinski definition) is 4. The Morgan fingerprint density at radius 3 is 1.76 bits per heavy atom. The van der Waals surface area contributed by atoms with Crippen molar-refractivity contribution >= 4 is 11.9 Å². The van der Waals surface area contributed by atoms with Crippen LogP contribution in [0.3, 0.4) is 0 Å². The Balaban J connectivity index is 2.09. The number of carbonyl (C=O) groups excluding carboxylic acids is 2. The van der Waals surface area contributed by atoms with Gasteiger partial charge in [0, 0.05) is 0 Å². The van der Waals surface area contributed by atoms with E-state index in [1.807, 2.05) is 0 Å². The van der Waals surface area contributed by atoms with Crippen LogP contribution in [0.25, 0.3) is 0 Å². The van der Waals surface area contributed by atoms with Gasteiger partial charge in [0.2, 0.25) is 0 Å². The molecule has 170 valence electrons. The molecule has 4 nitrogen and oxygen atoms in total. The van der Waals surface area contributed by atoms with Crippen LogP contribution in [0.1, 0.15) is 117 Å². The molecule has 4 heteroatoms. The standard InChI is InChI=1S/C25H46O4/c1-4-5-6-7-8-9-10-11-12-18-28-24(26)22-16-13-17-23(20-22)25(27)29-19-14-15-21(2)3/h21-23H,4-20H2,1-3H3. The van der Waals surface area contributed by atoms with Crippen molar-refractivity contribution in [3.05, 3.63) is 0 Å². The first-order valence-corrected chi connectivity index (χ1v) is 12.4. The summed E-state index contributed by atoms with van der Waals surface area (Å²) in [5.41, 5.74) is 0. The van der Waals surface area contributed by atoms with Crippen LogP contribution in [0.5, 0.6) is 0 Å². The maximum atomic E-state index is 12.4. The van der Waals surface area contributed by atoms with Gasteiger partial charge in [-0.2, -0.15) is 0 Å². The normalized spacial score (nSPS) is 19.3. The van der Waals surface area contributed by atoms with Crippen molar-refractivity contribution in [1.29, 1.82) is 0 Å². The summed E-state index contributed by atoms with van der Waals surface area (Å²) in [5.74, 6) is 0.143. The fourth-order valence-electron chi connectivity index (χ4n) is 4.10. The van der Waals surface area contributed by atoms with E-state index in [0.29, 0.717) is 25.6 Å². The van der Waals surface area contributed by atoms with Gasteiger partial charge in [0.05, 0.1) is 25.0 Å². The van der Waals surface area contributed by atoms with E-state index in [9.17, 15) is 9.59 Å². The molecule has 0 N–H and O–H groups in total. The molecule has 0 aromatic carbocycles. The van der Waals surface area contributed by atoms with Gasteiger partial charge >= 0.3 is 11.9 Å². The van der Waals surface area contributed by atoms with Gasteiger partial charge in [-0.05, 0) is 44.4 Å². The highest BCUT2D eigenvalue weighted by Crippen LogP contribution is 2.31. The molecule has 29 heavy (non-hydrogen) atoms. The number of unbranched alkanes of at least 4 members (excludes halogenated alkanes) is 8. The fraction of sp³-hybridized carbons (Fsp3) is 0.920. The Hall–Kier alpha value is -1.06. The average Bonchev–Trinajstić information content (AvgIpc) is 2.72. The summed E-state index contributed by atoms with van der Waals surface area (Å²) in [6.45, 7) is 7.62. The van der Waals surface area contributed by atoms with Crippen molar-refractivity contribution < 1.29 is 19.1 Å². The van der Waals surface area contributed by atoms with Crippen molar-refractivity contribution in [2.45, 2.75) is 117 Å². The van der Waals surface area contributed by atoms with Crippen LogP contribution in [0.2, 0.25) is 0 Å². The number of carbonyl (C=O) groups is 2. The number of rotatable bonds is 16. The molecule has 2 unspecified atom stereocenters. The molecule has 0 heterocycles. The molecule has 0 amide bonds. The summed E-state index contributed by atoms with van der Waals surface area (Å²) >= 11 is 0. The molecule has 0 aromatic rings. The van der Waals surface area contributed by atoms with E-state index >= 15 is 0 Å². The molecule has 0 aromatic heterocycles. The van der Waals surface area contributed by atoms with Gasteiger partial charge in [0.1, 0.15) is 0 Å². The molecule has 1 aliphatic carbocycles. The molecule has 0 saturated heterocycles. The smallest absolute Gasteiger partial charge is 0.308 e. The first-order valence-electron chi connectivity index (χ1n) is 12.4. The minimum absolute atomic E-state index is 0.109. The second-order valence-electron chi connectivity index (χ2n) is 9.26. The van der Waals surface area contributed by atoms with Crippen LogP contribution < -0.4 is 0 Å². The average molecular weight is 411 g/mol. The van der Waals surface area contributed by atoms with E-state index < -0.39 is 0 Å². The molecular weight excluding hydrogens is 364 g/mol. The third-order valence-corrected chi connectivity index (χ3v) is 6.00. The number of ether oxygens (including phenoxy) is 2. The largest absolute Gasteiger partial charge is 0.465 e. The van der Waals surface area contributed by atoms with Crippen molar-refractivity contribution in [1.82, 2.24) is 0 Å². The maximum Gasteiger partial charge on any atom is 0.308 e. The number of hydrogen-bond donors (Lipinski definition) is 0. The molecule has 0 radical (unpaired) electrons. The summed E-state index contributed by atoms with van der Waals surface area (Å²) in [6, 6.07) is 0. The lowest BCUT2D eigenvalue weighted by Crippen LogP contribution is -2.30. The Kier molecular flexibility index (Phi) is 15.0. The minimum Gasteiger partial charge on any atom is -0.465 e. The summed E-state index contributed by atoms with van der Waals surface area (Å²) < 4.78 is 10.9. The molecule has 1 fully saturated rings. The lowest BCUT2D eigenvalue weighted by molar-refractivity contribution is -0.155. The van der Waals surface area contributed by atoms with Gasteiger partial charge in [0.25, 0.3) is 0 Å². The predicted molar refractivity (Wildman–Crippen MR) is 119 cm³/mol. The van der Waals surface area contributed by atoms with Gasteiger partial charge < -0.3 is 9.47 Å². The fourth-order valence-corrected chi connectivity index (χ4v) is 4.10. The molecule has 0 bridgehead atoms. The van der Waals surface area contributed by atoms with Crippen LogP contribution in [-0.4, -0.2) is 25.2 Å². The molecule has 0 spiro atoms. The SMILES string of the molecule is CCCCCCCCCCCOC(=O)C1CCCC(C(=O)OCCCC(C)C)C1. The topological polar surface area (TPSA) is 52.6 Å². The van der Waals surface area contributed by atoms with E-state index in [-0.39, 0.29) is 23.8 Å². The third-order valence-electron chi connectivity index (χ3n) is 6.00. The van der Waals surface area contributed by atoms with E-state index in [0.717, 1.165) is 44.9 Å². The predicted octanol–water partition coefficient (Wildman–Crippen LogP) is 6.85. The van der Waals surface area contributed by atoms with Gasteiger partial charge in [-0.1, -0.05) is 78.6 Å². The van der Waals surface area contributed by atoms with Crippen LogP contribution in [0.15, 0.2) is 0 Å². The number of esters is 2. The Morgan fingerprint density at radius 1 is 0.759 bits per heavy atom. The highest BCUT2D eigenvalue weighted by molar-refractivity contribution is 5.76. The second-order valence-corrected chi connectivity index (χ2v) is 9.26. The molecular formula is C25H46O4. The van der Waals surface area contributed by atoms with E-state index in [1.54, 1.807) is 0 Å². The second kappa shape index (κ2) is 16.7. The zero-order valence-electron chi connectivity index (χ0n) is 19.4. The quantitative estimate of drug-likeness (QED) is 0.206. The zero-order valence-corrected chi connectivity index (χ0v) is 19.4. The first-order chi connectivity index (χ1) is 14.0. The van der Waals surface area contributed by atoms with Crippen molar-refractivity contribution in [3.63, 3.8) is 0 Å². The van der Waals surface area contributed by atoms with Gasteiger partial charge in [-0.3, -0.25) is 9.59 Å². The van der Waals surface area contributed by atoms with Crippen molar-refractivity contribution in [2.75, 3.05) is 13.2 Å². The maximum absolute atomic E-state index is 12.4. The van der Waals surface area contributed by atoms with Crippen molar-refractivity contribution in [3.8, 4) is 0 Å². The van der Waals surface area contributed by atoms with Gasteiger partial charge in [0.15, 0.2) is 0 Å². The Bertz CT molecular complexity index is 433. The summed E-state index contributed by atoms with van der Waals surface area (Å²) in [5, 5.41) is 0. The summed E-state index contributed by atoms with van der Waals surface area (Å²) in [4.78, 5) is 24.6. The molecule has 1 rings (SSSR count). The van der Waals surface area contributed by atoms with Gasteiger partial charge in [-0.15, -0.1) is 0 Å². The molecule has 1 aliphatic rings. The zero-order chi connectivity index (χ0) is 21.3. The monoisotopic (exact) mass is 410 g/mol. The van der Waals surface area contributed by atoms with Crippen LogP contribution >= 0.6 is 0 Å². The van der Waals surface area contributed by atoms with E-state index in [1.165, 1.54) is 44.9 Å². The Labute approximate surface area is 179 Å². The molecule has 0 aliphatic heterocycles. The highest BCUT2D eigenvalue weighted by Gasteiger charge is 2.32. The highest BCUT2D eigenvalue weighted by atomic mass is 16.5. The van der Waals surface area contributed by atoms with Crippen LogP contribution in [0.4, 0.5) is 0 Å². The Morgan fingerprint density at radius 2 is 1.24 bits per heavy atom. The van der Waals surface area contributed by atoms with E-state index in [2.05, 4.69) is 20.8 Å². The first kappa shape index (κ1) is 26.0. The lowest BCUT2D eigenvalue weighted by Gasteiger charge is -2.26. The van der Waals surface area contributed by atoms with Crippen molar-refractivity contribution in [2.24, 2.45) is 17.8 Å². The molecule has 2 atom stereocenters. The summed E-state index contributed by atoms with van der Waals surface area (Å²) in [6.07, 6.45) is 16.5. The minimum atomic E-state index is -0.131. The third kappa shape index (κ3) is 13.0. The van der Waals surface area contributed by atoms with Crippen LogP contribution in [-0.2, 0) is 19.1 Å². The van der Waals surface area contributed by atoms with Crippen LogP contribution in [0, 0.1) is 17.8 Å². The molecule has 1 saturated carbocycles. The van der Waals surface area contributed by atoms with E-state index in [4.69, 9.17) is 9.47 Å². The lowest BCUT2D eigenvalue weighted by atomic mass is 9.81.